The zero-order valence-electron chi connectivity index (χ0n) is 11.9. The fourth-order valence-electron chi connectivity index (χ4n) is 2.68. The Labute approximate surface area is 113 Å². The van der Waals surface area contributed by atoms with Gasteiger partial charge in [-0.3, -0.25) is 0 Å². The molecule has 0 saturated carbocycles. The van der Waals surface area contributed by atoms with E-state index in [1.165, 1.54) is 0 Å². The van der Waals surface area contributed by atoms with E-state index in [4.69, 9.17) is 0 Å². The normalized spacial score (nSPS) is 21.1. The lowest BCUT2D eigenvalue weighted by Crippen LogP contribution is -2.54. The highest BCUT2D eigenvalue weighted by molar-refractivity contribution is 5.62. The molecule has 98 valence electrons. The highest BCUT2D eigenvalue weighted by atomic mass is 16.5. The lowest BCUT2D eigenvalue weighted by Gasteiger charge is -2.21. The minimum Gasteiger partial charge on any atom is -0.618 e. The summed E-state index contributed by atoms with van der Waals surface area (Å²) in [5.74, 6) is 0. The molecule has 2 aliphatic carbocycles. The maximum Gasteiger partial charge on any atom is 0.223 e. The SMILES string of the molecule is CC1(C)C=Cc2c(cc3c([n+]2[O-])=CC(C)(C)C=C3)=C1. The Balaban J connectivity index is 2.38. The summed E-state index contributed by atoms with van der Waals surface area (Å²) >= 11 is 0. The molecule has 3 rings (SSSR count). The van der Waals surface area contributed by atoms with Crippen molar-refractivity contribution in [1.29, 1.82) is 0 Å². The molecule has 2 aliphatic rings. The standard InChI is InChI=1S/C17H19NO/c1-16(2)8-6-14-13(10-16)9-12-5-7-17(3,4)11-15(12)18(14)19/h5-11H,1-4H3. The molecule has 0 amide bonds. The van der Waals surface area contributed by atoms with Crippen LogP contribution in [0.4, 0.5) is 0 Å². The summed E-state index contributed by atoms with van der Waals surface area (Å²) in [4.78, 5) is 0. The Hall–Kier alpha value is -1.83. The van der Waals surface area contributed by atoms with Crippen LogP contribution in [0.5, 0.6) is 0 Å². The smallest absolute Gasteiger partial charge is 0.223 e. The summed E-state index contributed by atoms with van der Waals surface area (Å²) in [5.41, 5.74) is 1.71. The van der Waals surface area contributed by atoms with E-state index < -0.39 is 0 Å². The van der Waals surface area contributed by atoms with Crippen molar-refractivity contribution in [2.45, 2.75) is 27.7 Å². The van der Waals surface area contributed by atoms with Crippen molar-refractivity contribution in [3.05, 3.63) is 45.3 Å². The molecule has 2 heteroatoms. The van der Waals surface area contributed by atoms with Gasteiger partial charge < -0.3 is 5.21 Å². The van der Waals surface area contributed by atoms with Crippen molar-refractivity contribution in [2.75, 3.05) is 0 Å². The summed E-state index contributed by atoms with van der Waals surface area (Å²) in [6.07, 6.45) is 12.4. The molecular weight excluding hydrogens is 234 g/mol. The number of rotatable bonds is 0. The average molecular weight is 253 g/mol. The summed E-state index contributed by atoms with van der Waals surface area (Å²) in [6, 6.07) is 2.12. The Morgan fingerprint density at radius 3 is 2.32 bits per heavy atom. The van der Waals surface area contributed by atoms with Crippen LogP contribution in [-0.2, 0) is 0 Å². The van der Waals surface area contributed by atoms with Crippen molar-refractivity contribution < 1.29 is 4.73 Å². The lowest BCUT2D eigenvalue weighted by atomic mass is 9.85. The molecule has 0 atom stereocenters. The van der Waals surface area contributed by atoms with Gasteiger partial charge in [0.1, 0.15) is 0 Å². The Kier molecular flexibility index (Phi) is 2.31. The van der Waals surface area contributed by atoms with Crippen LogP contribution in [0.2, 0.25) is 0 Å². The van der Waals surface area contributed by atoms with Gasteiger partial charge in [-0.2, -0.15) is 4.73 Å². The molecule has 1 aromatic heterocycles. The lowest BCUT2D eigenvalue weighted by molar-refractivity contribution is -0.622. The topological polar surface area (TPSA) is 26.9 Å². The zero-order valence-corrected chi connectivity index (χ0v) is 11.9. The van der Waals surface area contributed by atoms with E-state index in [9.17, 15) is 5.21 Å². The molecule has 2 nitrogen and oxygen atoms in total. The van der Waals surface area contributed by atoms with E-state index in [0.29, 0.717) is 0 Å². The maximum absolute atomic E-state index is 12.5. The summed E-state index contributed by atoms with van der Waals surface area (Å²) < 4.78 is 1.07. The zero-order chi connectivity index (χ0) is 13.8. The third kappa shape index (κ3) is 2.01. The van der Waals surface area contributed by atoms with E-state index in [1.54, 1.807) is 0 Å². The number of aromatic nitrogens is 1. The molecule has 0 aliphatic heterocycles. The quantitative estimate of drug-likeness (QED) is 0.513. The summed E-state index contributed by atoms with van der Waals surface area (Å²) in [6.45, 7) is 8.51. The molecule has 1 heterocycles. The molecule has 0 aromatic carbocycles. The van der Waals surface area contributed by atoms with Crippen LogP contribution < -0.4 is 15.3 Å². The molecule has 0 radical (unpaired) electrons. The first-order valence-electron chi connectivity index (χ1n) is 6.68. The van der Waals surface area contributed by atoms with Crippen molar-refractivity contribution in [1.82, 2.24) is 0 Å². The molecule has 0 unspecified atom stereocenters. The van der Waals surface area contributed by atoms with Gasteiger partial charge in [-0.05, 0) is 12.1 Å². The van der Waals surface area contributed by atoms with Gasteiger partial charge in [-0.15, -0.1) is 0 Å². The number of hydrogen-bond donors (Lipinski definition) is 0. The summed E-state index contributed by atoms with van der Waals surface area (Å²) in [7, 11) is 0. The summed E-state index contributed by atoms with van der Waals surface area (Å²) in [5, 5.41) is 14.3. The van der Waals surface area contributed by atoms with Crippen LogP contribution >= 0.6 is 0 Å². The number of allylic oxidation sites excluding steroid dienone is 2. The minimum atomic E-state index is -0.0608. The molecule has 1 aromatic rings. The molecule has 0 spiro atoms. The number of nitrogens with zero attached hydrogens (tertiary/aromatic N) is 1. The van der Waals surface area contributed by atoms with Gasteiger partial charge in [0.15, 0.2) is 0 Å². The predicted molar refractivity (Wildman–Crippen MR) is 79.2 cm³/mol. The van der Waals surface area contributed by atoms with Gasteiger partial charge in [-0.1, -0.05) is 52.0 Å². The molecule has 0 saturated heterocycles. The Morgan fingerprint density at radius 1 is 0.947 bits per heavy atom. The second-order valence-electron chi connectivity index (χ2n) is 6.72. The number of hydrogen-bond acceptors (Lipinski definition) is 1. The molecule has 19 heavy (non-hydrogen) atoms. The van der Waals surface area contributed by atoms with Crippen LogP contribution in [0.15, 0.2) is 18.2 Å². The monoisotopic (exact) mass is 253 g/mol. The van der Waals surface area contributed by atoms with E-state index in [1.807, 2.05) is 12.2 Å². The van der Waals surface area contributed by atoms with E-state index in [0.717, 1.165) is 26.6 Å². The predicted octanol–water partition coefficient (Wildman–Crippen LogP) is 1.99. The first kappa shape index (κ1) is 12.2. The Bertz CT molecular complexity index is 734. The second-order valence-corrected chi connectivity index (χ2v) is 6.72. The van der Waals surface area contributed by atoms with E-state index in [2.05, 4.69) is 58.1 Å². The number of fused-ring (bicyclic) bond motifs is 2. The maximum atomic E-state index is 12.5. The number of pyridine rings is 1. The van der Waals surface area contributed by atoms with Gasteiger partial charge in [0.2, 0.25) is 11.0 Å². The molecular formula is C17H19NO. The van der Waals surface area contributed by atoms with Crippen LogP contribution in [0.25, 0.3) is 24.3 Å². The fraction of sp³-hybridized carbons (Fsp3) is 0.353. The fourth-order valence-corrected chi connectivity index (χ4v) is 2.68. The van der Waals surface area contributed by atoms with Crippen LogP contribution in [0.1, 0.15) is 39.0 Å². The molecule has 0 fully saturated rings. The van der Waals surface area contributed by atoms with Crippen molar-refractivity contribution in [3.8, 4) is 0 Å². The van der Waals surface area contributed by atoms with Crippen LogP contribution in [-0.4, -0.2) is 0 Å². The largest absolute Gasteiger partial charge is 0.618 e. The van der Waals surface area contributed by atoms with Crippen molar-refractivity contribution in [2.24, 2.45) is 10.8 Å². The second kappa shape index (κ2) is 3.60. The van der Waals surface area contributed by atoms with Gasteiger partial charge in [0.05, 0.1) is 0 Å². The van der Waals surface area contributed by atoms with Gasteiger partial charge in [-0.25, -0.2) is 0 Å². The molecule has 0 N–H and O–H groups in total. The third-order valence-corrected chi connectivity index (χ3v) is 3.74. The average Bonchev–Trinajstić information content (AvgIpc) is 2.28. The van der Waals surface area contributed by atoms with Gasteiger partial charge in [0, 0.05) is 27.7 Å². The highest BCUT2D eigenvalue weighted by Crippen LogP contribution is 2.24. The minimum absolute atomic E-state index is 0.00953. The van der Waals surface area contributed by atoms with Gasteiger partial charge >= 0.3 is 0 Å². The van der Waals surface area contributed by atoms with E-state index >= 15 is 0 Å². The first-order chi connectivity index (χ1) is 8.77. The first-order valence-corrected chi connectivity index (χ1v) is 6.68. The van der Waals surface area contributed by atoms with Crippen LogP contribution in [0, 0.1) is 16.0 Å². The molecule has 0 bridgehead atoms. The van der Waals surface area contributed by atoms with E-state index in [-0.39, 0.29) is 10.8 Å². The Morgan fingerprint density at radius 2 is 1.58 bits per heavy atom. The highest BCUT2D eigenvalue weighted by Gasteiger charge is 2.23. The van der Waals surface area contributed by atoms with Crippen molar-refractivity contribution in [3.63, 3.8) is 0 Å². The van der Waals surface area contributed by atoms with Crippen molar-refractivity contribution >= 4 is 24.3 Å². The van der Waals surface area contributed by atoms with Gasteiger partial charge in [0.25, 0.3) is 0 Å². The third-order valence-electron chi connectivity index (χ3n) is 3.74. The van der Waals surface area contributed by atoms with Crippen LogP contribution in [0.3, 0.4) is 0 Å².